The van der Waals surface area contributed by atoms with Gasteiger partial charge in [0, 0.05) is 38.8 Å². The van der Waals surface area contributed by atoms with Crippen molar-refractivity contribution in [2.75, 3.05) is 40.3 Å². The number of methoxy groups -OCH3 is 1. The van der Waals surface area contributed by atoms with Crippen LogP contribution in [0.2, 0.25) is 0 Å². The lowest BCUT2D eigenvalue weighted by molar-refractivity contribution is 0.224. The number of hydrogen-bond acceptors (Lipinski definition) is 5. The van der Waals surface area contributed by atoms with Gasteiger partial charge in [-0.25, -0.2) is 0 Å². The maximum Gasteiger partial charge on any atom is 0.119 e. The summed E-state index contributed by atoms with van der Waals surface area (Å²) in [5.41, 5.74) is 1.41. The molecular formula is C18H25N5O. The molecule has 2 aliphatic heterocycles. The third-order valence-corrected chi connectivity index (χ3v) is 5.57. The van der Waals surface area contributed by atoms with Gasteiger partial charge in [-0.3, -0.25) is 4.90 Å². The van der Waals surface area contributed by atoms with E-state index in [1.807, 2.05) is 0 Å². The van der Waals surface area contributed by atoms with Crippen molar-refractivity contribution in [2.45, 2.75) is 12.6 Å². The topological polar surface area (TPSA) is 46.4 Å². The van der Waals surface area contributed by atoms with Crippen LogP contribution in [0.15, 0.2) is 36.9 Å². The Balaban J connectivity index is 1.43. The highest BCUT2D eigenvalue weighted by Gasteiger charge is 2.45. The highest BCUT2D eigenvalue weighted by atomic mass is 16.5. The number of benzene rings is 1. The summed E-state index contributed by atoms with van der Waals surface area (Å²) in [5.74, 6) is 2.41. The monoisotopic (exact) mass is 327 g/mol. The van der Waals surface area contributed by atoms with Crippen molar-refractivity contribution in [1.82, 2.24) is 24.6 Å². The van der Waals surface area contributed by atoms with Gasteiger partial charge in [0.1, 0.15) is 18.4 Å². The number of ether oxygens (including phenoxy) is 1. The van der Waals surface area contributed by atoms with Gasteiger partial charge in [-0.15, -0.1) is 10.2 Å². The van der Waals surface area contributed by atoms with Crippen LogP contribution in [0.4, 0.5) is 0 Å². The second-order valence-corrected chi connectivity index (χ2v) is 7.04. The Bertz CT molecular complexity index is 657. The molecule has 24 heavy (non-hydrogen) atoms. The Morgan fingerprint density at radius 2 is 1.79 bits per heavy atom. The fourth-order valence-electron chi connectivity index (χ4n) is 4.43. The normalized spacial score (nSPS) is 27.5. The van der Waals surface area contributed by atoms with Crippen molar-refractivity contribution in [2.24, 2.45) is 11.8 Å². The summed E-state index contributed by atoms with van der Waals surface area (Å²) in [5, 5.41) is 7.76. The Labute approximate surface area is 143 Å². The standard InChI is InChI=1S/C18H25N5O/c1-21-9-15-10-22(7-8-23-12-19-20-13-23)11-17(15)18(21)14-3-5-16(24-2)6-4-14/h3-6,12-13,15,17-18H,7-11H2,1-2H3/t15-,17+,18+/m0/s1. The third-order valence-electron chi connectivity index (χ3n) is 5.57. The van der Waals surface area contributed by atoms with Gasteiger partial charge in [-0.1, -0.05) is 12.1 Å². The van der Waals surface area contributed by atoms with Gasteiger partial charge in [0.05, 0.1) is 7.11 Å². The zero-order valence-electron chi connectivity index (χ0n) is 14.4. The molecule has 6 nitrogen and oxygen atoms in total. The number of hydrogen-bond donors (Lipinski definition) is 0. The summed E-state index contributed by atoms with van der Waals surface area (Å²) < 4.78 is 7.35. The number of rotatable bonds is 5. The lowest BCUT2D eigenvalue weighted by Gasteiger charge is -2.27. The van der Waals surface area contributed by atoms with Crippen molar-refractivity contribution in [3.63, 3.8) is 0 Å². The van der Waals surface area contributed by atoms with E-state index in [0.717, 1.165) is 24.8 Å². The molecule has 2 saturated heterocycles. The molecule has 0 aliphatic carbocycles. The van der Waals surface area contributed by atoms with E-state index in [0.29, 0.717) is 12.0 Å². The zero-order valence-corrected chi connectivity index (χ0v) is 14.4. The van der Waals surface area contributed by atoms with E-state index in [1.54, 1.807) is 19.8 Å². The third kappa shape index (κ3) is 2.91. The molecular weight excluding hydrogens is 302 g/mol. The van der Waals surface area contributed by atoms with Gasteiger partial charge in [-0.05, 0) is 36.6 Å². The highest BCUT2D eigenvalue weighted by Crippen LogP contribution is 2.44. The molecule has 6 heteroatoms. The van der Waals surface area contributed by atoms with Crippen molar-refractivity contribution in [3.05, 3.63) is 42.5 Å². The first kappa shape index (κ1) is 15.6. The van der Waals surface area contributed by atoms with Crippen LogP contribution in [0.3, 0.4) is 0 Å². The molecule has 0 spiro atoms. The molecule has 0 amide bonds. The molecule has 0 bridgehead atoms. The molecule has 2 fully saturated rings. The van der Waals surface area contributed by atoms with Gasteiger partial charge >= 0.3 is 0 Å². The fraction of sp³-hybridized carbons (Fsp3) is 0.556. The second-order valence-electron chi connectivity index (χ2n) is 7.04. The number of aromatic nitrogens is 3. The lowest BCUT2D eigenvalue weighted by atomic mass is 9.89. The first-order valence-corrected chi connectivity index (χ1v) is 8.63. The fourth-order valence-corrected chi connectivity index (χ4v) is 4.43. The maximum absolute atomic E-state index is 5.30. The molecule has 3 atom stereocenters. The predicted octanol–water partition coefficient (Wildman–Crippen LogP) is 1.52. The molecule has 4 rings (SSSR count). The quantitative estimate of drug-likeness (QED) is 0.833. The van der Waals surface area contributed by atoms with E-state index in [9.17, 15) is 0 Å². The second kappa shape index (κ2) is 6.53. The first-order chi connectivity index (χ1) is 11.7. The number of nitrogens with zero attached hydrogens (tertiary/aromatic N) is 5. The van der Waals surface area contributed by atoms with E-state index in [-0.39, 0.29) is 0 Å². The molecule has 2 aromatic rings. The zero-order chi connectivity index (χ0) is 16.5. The molecule has 0 N–H and O–H groups in total. The Morgan fingerprint density at radius 1 is 1.04 bits per heavy atom. The van der Waals surface area contributed by atoms with E-state index < -0.39 is 0 Å². The van der Waals surface area contributed by atoms with E-state index in [1.165, 1.54) is 25.2 Å². The summed E-state index contributed by atoms with van der Waals surface area (Å²) in [6.07, 6.45) is 3.59. The molecule has 0 radical (unpaired) electrons. The smallest absolute Gasteiger partial charge is 0.119 e. The van der Waals surface area contributed by atoms with Gasteiger partial charge in [0.25, 0.3) is 0 Å². The lowest BCUT2D eigenvalue weighted by Crippen LogP contribution is -2.31. The molecule has 1 aromatic carbocycles. The molecule has 0 unspecified atom stereocenters. The van der Waals surface area contributed by atoms with E-state index in [4.69, 9.17) is 4.74 Å². The van der Waals surface area contributed by atoms with Gasteiger partial charge in [0.2, 0.25) is 0 Å². The van der Waals surface area contributed by atoms with Gasteiger partial charge in [0.15, 0.2) is 0 Å². The molecule has 128 valence electrons. The van der Waals surface area contributed by atoms with Gasteiger partial charge < -0.3 is 14.2 Å². The van der Waals surface area contributed by atoms with Crippen LogP contribution < -0.4 is 4.74 Å². The van der Waals surface area contributed by atoms with Crippen LogP contribution in [0, 0.1) is 11.8 Å². The first-order valence-electron chi connectivity index (χ1n) is 8.63. The molecule has 0 saturated carbocycles. The molecule has 2 aliphatic rings. The Kier molecular flexibility index (Phi) is 4.24. The maximum atomic E-state index is 5.30. The Hall–Kier alpha value is -1.92. The highest BCUT2D eigenvalue weighted by molar-refractivity contribution is 5.30. The van der Waals surface area contributed by atoms with Crippen molar-refractivity contribution < 1.29 is 4.74 Å². The average Bonchev–Trinajstić information content (AvgIpc) is 3.29. The van der Waals surface area contributed by atoms with Crippen molar-refractivity contribution in [3.8, 4) is 5.75 Å². The van der Waals surface area contributed by atoms with Crippen LogP contribution in [0.5, 0.6) is 5.75 Å². The summed E-state index contributed by atoms with van der Waals surface area (Å²) >= 11 is 0. The van der Waals surface area contributed by atoms with Crippen LogP contribution in [0.1, 0.15) is 11.6 Å². The summed E-state index contributed by atoms with van der Waals surface area (Å²) in [6.45, 7) is 5.60. The summed E-state index contributed by atoms with van der Waals surface area (Å²) in [4.78, 5) is 5.12. The van der Waals surface area contributed by atoms with Crippen LogP contribution in [-0.4, -0.2) is 64.9 Å². The van der Waals surface area contributed by atoms with Crippen molar-refractivity contribution >= 4 is 0 Å². The SMILES string of the molecule is COc1ccc([C@@H]2[C@@H]3CN(CCn4cnnc4)C[C@@H]3CN2C)cc1. The summed E-state index contributed by atoms with van der Waals surface area (Å²) in [7, 11) is 3.98. The van der Waals surface area contributed by atoms with E-state index >= 15 is 0 Å². The largest absolute Gasteiger partial charge is 0.497 e. The molecule has 1 aromatic heterocycles. The number of likely N-dealkylation sites (tertiary alicyclic amines) is 2. The summed E-state index contributed by atoms with van der Waals surface area (Å²) in [6, 6.07) is 9.12. The predicted molar refractivity (Wildman–Crippen MR) is 91.8 cm³/mol. The van der Waals surface area contributed by atoms with Crippen LogP contribution in [-0.2, 0) is 6.54 Å². The minimum absolute atomic E-state index is 0.515. The molecule has 3 heterocycles. The Morgan fingerprint density at radius 3 is 2.50 bits per heavy atom. The van der Waals surface area contributed by atoms with E-state index in [2.05, 4.69) is 55.9 Å². The number of fused-ring (bicyclic) bond motifs is 1. The minimum atomic E-state index is 0.515. The van der Waals surface area contributed by atoms with Gasteiger partial charge in [-0.2, -0.15) is 0 Å². The van der Waals surface area contributed by atoms with Crippen LogP contribution >= 0.6 is 0 Å². The van der Waals surface area contributed by atoms with Crippen LogP contribution in [0.25, 0.3) is 0 Å². The van der Waals surface area contributed by atoms with Crippen molar-refractivity contribution in [1.29, 1.82) is 0 Å². The minimum Gasteiger partial charge on any atom is -0.497 e. The average molecular weight is 327 g/mol.